The van der Waals surface area contributed by atoms with Crippen molar-refractivity contribution >= 4 is 11.6 Å². The average Bonchev–Trinajstić information content (AvgIpc) is 2.95. The highest BCUT2D eigenvalue weighted by Crippen LogP contribution is 2.37. The molecule has 2 nitrogen and oxygen atoms in total. The Morgan fingerprint density at radius 3 is 2.95 bits per heavy atom. The van der Waals surface area contributed by atoms with E-state index < -0.39 is 0 Å². The molecule has 0 aliphatic carbocycles. The molecule has 0 fully saturated rings. The smallest absolute Gasteiger partial charge is 0.124 e. The summed E-state index contributed by atoms with van der Waals surface area (Å²) in [5.74, 6) is 1.84. The molecular formula is C17H17ClO2. The molecule has 104 valence electrons. The van der Waals surface area contributed by atoms with Gasteiger partial charge < -0.3 is 9.47 Å². The Balaban J connectivity index is 1.94. The van der Waals surface area contributed by atoms with E-state index in [0.717, 1.165) is 35.7 Å². The molecule has 3 heteroatoms. The maximum atomic E-state index is 6.65. The van der Waals surface area contributed by atoms with Gasteiger partial charge >= 0.3 is 0 Å². The van der Waals surface area contributed by atoms with Gasteiger partial charge in [-0.15, -0.1) is 11.6 Å². The minimum absolute atomic E-state index is 0.205. The fourth-order valence-electron chi connectivity index (χ4n) is 2.52. The number of para-hydroxylation sites is 1. The number of fused-ring (bicyclic) bond motifs is 1. The third-order valence-electron chi connectivity index (χ3n) is 3.50. The van der Waals surface area contributed by atoms with E-state index in [1.807, 2.05) is 43.3 Å². The molecule has 1 atom stereocenters. The van der Waals surface area contributed by atoms with E-state index in [1.165, 1.54) is 5.56 Å². The SMILES string of the molecule is CCOc1ccccc1C(Cl)c1ccc2c(c1)CCO2. The van der Waals surface area contributed by atoms with Gasteiger partial charge in [-0.1, -0.05) is 30.3 Å². The van der Waals surface area contributed by atoms with Gasteiger partial charge in [-0.25, -0.2) is 0 Å². The Labute approximate surface area is 124 Å². The zero-order chi connectivity index (χ0) is 13.9. The van der Waals surface area contributed by atoms with Crippen molar-refractivity contribution in [3.63, 3.8) is 0 Å². The van der Waals surface area contributed by atoms with Crippen molar-refractivity contribution in [2.45, 2.75) is 18.7 Å². The molecule has 0 bridgehead atoms. The first-order chi connectivity index (χ1) is 9.79. The first-order valence-electron chi connectivity index (χ1n) is 6.91. The molecule has 0 saturated heterocycles. The normalized spacial score (nSPS) is 14.5. The largest absolute Gasteiger partial charge is 0.494 e. The van der Waals surface area contributed by atoms with E-state index in [-0.39, 0.29) is 5.38 Å². The van der Waals surface area contributed by atoms with Crippen LogP contribution < -0.4 is 9.47 Å². The topological polar surface area (TPSA) is 18.5 Å². The first kappa shape index (κ1) is 13.3. The average molecular weight is 289 g/mol. The van der Waals surface area contributed by atoms with Crippen LogP contribution in [0.5, 0.6) is 11.5 Å². The van der Waals surface area contributed by atoms with Crippen molar-refractivity contribution in [2.75, 3.05) is 13.2 Å². The van der Waals surface area contributed by atoms with Crippen molar-refractivity contribution < 1.29 is 9.47 Å². The number of alkyl halides is 1. The molecule has 1 aliphatic rings. The van der Waals surface area contributed by atoms with Crippen molar-refractivity contribution in [3.05, 3.63) is 59.2 Å². The van der Waals surface area contributed by atoms with Gasteiger partial charge in [-0.3, -0.25) is 0 Å². The fraction of sp³-hybridized carbons (Fsp3) is 0.294. The molecule has 1 unspecified atom stereocenters. The third kappa shape index (κ3) is 2.48. The van der Waals surface area contributed by atoms with Crippen LogP contribution in [-0.2, 0) is 6.42 Å². The van der Waals surface area contributed by atoms with Gasteiger partial charge in [-0.05, 0) is 30.2 Å². The van der Waals surface area contributed by atoms with Gasteiger partial charge in [0.25, 0.3) is 0 Å². The van der Waals surface area contributed by atoms with Crippen LogP contribution in [0.2, 0.25) is 0 Å². The van der Waals surface area contributed by atoms with E-state index in [2.05, 4.69) is 6.07 Å². The zero-order valence-corrected chi connectivity index (χ0v) is 12.2. The quantitative estimate of drug-likeness (QED) is 0.779. The monoisotopic (exact) mass is 288 g/mol. The van der Waals surface area contributed by atoms with E-state index in [9.17, 15) is 0 Å². The number of halogens is 1. The molecule has 0 saturated carbocycles. The lowest BCUT2D eigenvalue weighted by Crippen LogP contribution is -2.00. The minimum atomic E-state index is -0.205. The molecule has 3 rings (SSSR count). The Bertz CT molecular complexity index is 610. The Hall–Kier alpha value is -1.67. The second kappa shape index (κ2) is 5.76. The van der Waals surface area contributed by atoms with Crippen LogP contribution in [0.25, 0.3) is 0 Å². The van der Waals surface area contributed by atoms with Crippen molar-refractivity contribution in [3.8, 4) is 11.5 Å². The lowest BCUT2D eigenvalue weighted by Gasteiger charge is -2.16. The summed E-state index contributed by atoms with van der Waals surface area (Å²) in [5, 5.41) is -0.205. The van der Waals surface area contributed by atoms with E-state index in [1.54, 1.807) is 0 Å². The van der Waals surface area contributed by atoms with Crippen LogP contribution in [0.4, 0.5) is 0 Å². The zero-order valence-electron chi connectivity index (χ0n) is 11.4. The standard InChI is InChI=1S/C17H17ClO2/c1-2-19-16-6-4-3-5-14(16)17(18)13-7-8-15-12(11-13)9-10-20-15/h3-8,11,17H,2,9-10H2,1H3. The number of hydrogen-bond acceptors (Lipinski definition) is 2. The van der Waals surface area contributed by atoms with E-state index >= 15 is 0 Å². The van der Waals surface area contributed by atoms with Crippen LogP contribution >= 0.6 is 11.6 Å². The molecule has 2 aromatic carbocycles. The molecule has 0 aromatic heterocycles. The number of benzene rings is 2. The van der Waals surface area contributed by atoms with Crippen LogP contribution in [0, 0.1) is 0 Å². The Morgan fingerprint density at radius 2 is 2.10 bits per heavy atom. The summed E-state index contributed by atoms with van der Waals surface area (Å²) in [6.07, 6.45) is 0.958. The molecule has 0 radical (unpaired) electrons. The van der Waals surface area contributed by atoms with Crippen molar-refractivity contribution in [1.82, 2.24) is 0 Å². The summed E-state index contributed by atoms with van der Waals surface area (Å²) in [5.41, 5.74) is 3.33. The molecule has 1 aliphatic heterocycles. The maximum absolute atomic E-state index is 6.65. The second-order valence-electron chi connectivity index (χ2n) is 4.80. The summed E-state index contributed by atoms with van der Waals surface area (Å²) >= 11 is 6.65. The van der Waals surface area contributed by atoms with Gasteiger partial charge in [0.15, 0.2) is 0 Å². The lowest BCUT2D eigenvalue weighted by atomic mass is 10.0. The summed E-state index contributed by atoms with van der Waals surface area (Å²) in [6, 6.07) is 14.1. The molecular weight excluding hydrogens is 272 g/mol. The Kier molecular flexibility index (Phi) is 3.83. The predicted molar refractivity (Wildman–Crippen MR) is 80.9 cm³/mol. The van der Waals surface area contributed by atoms with Crippen LogP contribution in [0.15, 0.2) is 42.5 Å². The number of rotatable bonds is 4. The van der Waals surface area contributed by atoms with Gasteiger partial charge in [0.05, 0.1) is 18.6 Å². The maximum Gasteiger partial charge on any atom is 0.124 e. The molecule has 2 aromatic rings. The first-order valence-corrected chi connectivity index (χ1v) is 7.34. The van der Waals surface area contributed by atoms with Gasteiger partial charge in [0.1, 0.15) is 11.5 Å². The number of hydrogen-bond donors (Lipinski definition) is 0. The summed E-state index contributed by atoms with van der Waals surface area (Å²) in [7, 11) is 0. The molecule has 0 N–H and O–H groups in total. The minimum Gasteiger partial charge on any atom is -0.494 e. The van der Waals surface area contributed by atoms with Crippen LogP contribution in [0.1, 0.15) is 29.0 Å². The predicted octanol–water partition coefficient (Wildman–Crippen LogP) is 4.35. The van der Waals surface area contributed by atoms with Crippen LogP contribution in [0.3, 0.4) is 0 Å². The highest BCUT2D eigenvalue weighted by molar-refractivity contribution is 6.22. The lowest BCUT2D eigenvalue weighted by molar-refractivity contribution is 0.337. The fourth-order valence-corrected chi connectivity index (χ4v) is 2.84. The third-order valence-corrected chi connectivity index (χ3v) is 3.99. The van der Waals surface area contributed by atoms with Crippen LogP contribution in [-0.4, -0.2) is 13.2 Å². The van der Waals surface area contributed by atoms with Gasteiger partial charge in [0.2, 0.25) is 0 Å². The Morgan fingerprint density at radius 1 is 1.25 bits per heavy atom. The second-order valence-corrected chi connectivity index (χ2v) is 5.24. The van der Waals surface area contributed by atoms with E-state index in [0.29, 0.717) is 6.61 Å². The summed E-state index contributed by atoms with van der Waals surface area (Å²) < 4.78 is 11.2. The molecule has 20 heavy (non-hydrogen) atoms. The molecule has 0 amide bonds. The molecule has 0 spiro atoms. The van der Waals surface area contributed by atoms with Crippen molar-refractivity contribution in [1.29, 1.82) is 0 Å². The van der Waals surface area contributed by atoms with E-state index in [4.69, 9.17) is 21.1 Å². The highest BCUT2D eigenvalue weighted by Gasteiger charge is 2.19. The number of ether oxygens (including phenoxy) is 2. The van der Waals surface area contributed by atoms with Crippen molar-refractivity contribution in [2.24, 2.45) is 0 Å². The summed E-state index contributed by atoms with van der Waals surface area (Å²) in [6.45, 7) is 3.38. The summed E-state index contributed by atoms with van der Waals surface area (Å²) in [4.78, 5) is 0. The highest BCUT2D eigenvalue weighted by atomic mass is 35.5. The van der Waals surface area contributed by atoms with Gasteiger partial charge in [-0.2, -0.15) is 0 Å². The molecule has 1 heterocycles. The van der Waals surface area contributed by atoms with Gasteiger partial charge in [0, 0.05) is 12.0 Å².